The van der Waals surface area contributed by atoms with Gasteiger partial charge in [-0.25, -0.2) is 5.43 Å². The van der Waals surface area contributed by atoms with Crippen LogP contribution < -0.4 is 20.2 Å². The number of halogens is 2. The Hall–Kier alpha value is -4.07. The summed E-state index contributed by atoms with van der Waals surface area (Å²) in [5.41, 5.74) is 4.51. The number of amides is 2. The number of rotatable bonds is 11. The number of carbonyl (C=O) groups excluding carboxylic acids is 2. The molecule has 0 heterocycles. The van der Waals surface area contributed by atoms with Crippen LogP contribution in [0.2, 0.25) is 10.0 Å². The number of benzene rings is 4. The van der Waals surface area contributed by atoms with E-state index in [0.717, 1.165) is 16.3 Å². The van der Waals surface area contributed by atoms with Crippen LogP contribution in [0.4, 0.5) is 0 Å². The van der Waals surface area contributed by atoms with Gasteiger partial charge in [0.2, 0.25) is 0 Å². The third kappa shape index (κ3) is 7.78. The van der Waals surface area contributed by atoms with E-state index in [4.69, 9.17) is 32.7 Å². The molecule has 1 atom stereocenters. The van der Waals surface area contributed by atoms with E-state index in [9.17, 15) is 9.59 Å². The van der Waals surface area contributed by atoms with Gasteiger partial charge in [-0.15, -0.1) is 0 Å². The zero-order valence-corrected chi connectivity index (χ0v) is 24.5. The molecular weight excluding hydrogens is 561 g/mol. The summed E-state index contributed by atoms with van der Waals surface area (Å²) in [6, 6.07) is 23.4. The molecule has 0 saturated heterocycles. The molecule has 1 unspecified atom stereocenters. The number of hydrazone groups is 1. The molecule has 0 spiro atoms. The maximum absolute atomic E-state index is 12.9. The van der Waals surface area contributed by atoms with E-state index in [1.54, 1.807) is 12.1 Å². The van der Waals surface area contributed by atoms with Gasteiger partial charge in [0.05, 0.1) is 23.4 Å². The fourth-order valence-corrected chi connectivity index (χ4v) is 4.73. The largest absolute Gasteiger partial charge is 0.490 e. The summed E-state index contributed by atoms with van der Waals surface area (Å²) in [5, 5.41) is 9.73. The maximum atomic E-state index is 12.9. The first kappa shape index (κ1) is 29.9. The van der Waals surface area contributed by atoms with Crippen molar-refractivity contribution in [2.24, 2.45) is 11.0 Å². The molecular formula is C32H31Cl2N3O4. The quantitative estimate of drug-likeness (QED) is 0.145. The van der Waals surface area contributed by atoms with Crippen LogP contribution in [-0.2, 0) is 11.4 Å². The predicted octanol–water partition coefficient (Wildman–Crippen LogP) is 7.03. The van der Waals surface area contributed by atoms with Gasteiger partial charge in [-0.3, -0.25) is 9.59 Å². The lowest BCUT2D eigenvalue weighted by Crippen LogP contribution is -2.48. The van der Waals surface area contributed by atoms with E-state index >= 15 is 0 Å². The van der Waals surface area contributed by atoms with Crippen molar-refractivity contribution in [1.29, 1.82) is 0 Å². The Morgan fingerprint density at radius 1 is 0.927 bits per heavy atom. The molecule has 0 bridgehead atoms. The van der Waals surface area contributed by atoms with Crippen molar-refractivity contribution in [3.05, 3.63) is 106 Å². The van der Waals surface area contributed by atoms with E-state index in [2.05, 4.69) is 34.0 Å². The van der Waals surface area contributed by atoms with E-state index in [0.29, 0.717) is 35.3 Å². The smallest absolute Gasteiger partial charge is 0.262 e. The molecule has 41 heavy (non-hydrogen) atoms. The van der Waals surface area contributed by atoms with Crippen LogP contribution in [-0.4, -0.2) is 30.7 Å². The van der Waals surface area contributed by atoms with Crippen LogP contribution in [0.1, 0.15) is 42.3 Å². The van der Waals surface area contributed by atoms with Crippen molar-refractivity contribution in [2.75, 3.05) is 6.61 Å². The van der Waals surface area contributed by atoms with E-state index in [1.807, 2.05) is 57.2 Å². The van der Waals surface area contributed by atoms with Crippen molar-refractivity contribution in [3.63, 3.8) is 0 Å². The summed E-state index contributed by atoms with van der Waals surface area (Å²) in [4.78, 5) is 25.6. The average Bonchev–Trinajstić information content (AvgIpc) is 2.95. The molecule has 2 amide bonds. The monoisotopic (exact) mass is 591 g/mol. The van der Waals surface area contributed by atoms with Crippen LogP contribution in [0.5, 0.6) is 11.5 Å². The third-order valence-electron chi connectivity index (χ3n) is 6.33. The number of nitrogens with zero attached hydrogens (tertiary/aromatic N) is 1. The van der Waals surface area contributed by atoms with Gasteiger partial charge in [0, 0.05) is 5.02 Å². The standard InChI is InChI=1S/C32H31Cl2N3O4/c1-4-40-29-16-21(12-15-28(29)41-19-23-10-7-9-22-8-5-6-11-25(22)23)18-35-37-32(39)30(20(2)3)36-31(38)26-14-13-24(33)17-27(26)34/h5-18,20,30H,4,19H2,1-3H3,(H,36,38)(H,37,39). The number of nitrogens with one attached hydrogen (secondary N) is 2. The highest BCUT2D eigenvalue weighted by molar-refractivity contribution is 6.36. The van der Waals surface area contributed by atoms with Gasteiger partial charge < -0.3 is 14.8 Å². The topological polar surface area (TPSA) is 89.0 Å². The van der Waals surface area contributed by atoms with Gasteiger partial charge in [-0.2, -0.15) is 5.10 Å². The van der Waals surface area contributed by atoms with Crippen molar-refractivity contribution in [1.82, 2.24) is 10.7 Å². The van der Waals surface area contributed by atoms with Crippen LogP contribution in [0, 0.1) is 5.92 Å². The lowest BCUT2D eigenvalue weighted by atomic mass is 10.0. The number of carbonyl (C=O) groups is 2. The minimum Gasteiger partial charge on any atom is -0.490 e. The number of ether oxygens (including phenoxy) is 2. The van der Waals surface area contributed by atoms with Crippen molar-refractivity contribution < 1.29 is 19.1 Å². The van der Waals surface area contributed by atoms with Crippen molar-refractivity contribution in [3.8, 4) is 11.5 Å². The molecule has 0 aliphatic heterocycles. The summed E-state index contributed by atoms with van der Waals surface area (Å²) in [7, 11) is 0. The summed E-state index contributed by atoms with van der Waals surface area (Å²) < 4.78 is 11.9. The predicted molar refractivity (Wildman–Crippen MR) is 164 cm³/mol. The van der Waals surface area contributed by atoms with Gasteiger partial charge in [-0.05, 0) is 71.1 Å². The molecule has 7 nitrogen and oxygen atoms in total. The highest BCUT2D eigenvalue weighted by Crippen LogP contribution is 2.30. The Balaban J connectivity index is 1.41. The zero-order chi connectivity index (χ0) is 29.4. The zero-order valence-electron chi connectivity index (χ0n) is 23.0. The van der Waals surface area contributed by atoms with E-state index < -0.39 is 17.9 Å². The fraction of sp³-hybridized carbons (Fsp3) is 0.219. The highest BCUT2D eigenvalue weighted by Gasteiger charge is 2.25. The SMILES string of the molecule is CCOc1cc(C=NNC(=O)C(NC(=O)c2ccc(Cl)cc2Cl)C(C)C)ccc1OCc1cccc2ccccc12. The van der Waals surface area contributed by atoms with Crippen LogP contribution >= 0.6 is 23.2 Å². The molecule has 212 valence electrons. The molecule has 0 aromatic heterocycles. The van der Waals surface area contributed by atoms with Crippen molar-refractivity contribution in [2.45, 2.75) is 33.4 Å². The molecule has 0 aliphatic rings. The Bertz CT molecular complexity index is 1570. The van der Waals surface area contributed by atoms with Gasteiger partial charge in [-0.1, -0.05) is 79.5 Å². The first-order valence-electron chi connectivity index (χ1n) is 13.2. The van der Waals surface area contributed by atoms with Crippen LogP contribution in [0.25, 0.3) is 10.8 Å². The first-order valence-corrected chi connectivity index (χ1v) is 14.0. The summed E-state index contributed by atoms with van der Waals surface area (Å²) in [6.45, 7) is 6.38. The minimum atomic E-state index is -0.838. The second kappa shape index (κ2) is 14.0. The highest BCUT2D eigenvalue weighted by atomic mass is 35.5. The lowest BCUT2D eigenvalue weighted by molar-refractivity contribution is -0.123. The third-order valence-corrected chi connectivity index (χ3v) is 6.88. The molecule has 4 rings (SSSR count). The van der Waals surface area contributed by atoms with Gasteiger partial charge >= 0.3 is 0 Å². The van der Waals surface area contributed by atoms with Crippen molar-refractivity contribution >= 4 is 52.0 Å². The summed E-state index contributed by atoms with van der Waals surface area (Å²) in [6.07, 6.45) is 1.50. The van der Waals surface area contributed by atoms with Gasteiger partial charge in [0.15, 0.2) is 11.5 Å². The second-order valence-electron chi connectivity index (χ2n) is 9.62. The molecule has 0 fully saturated rings. The normalized spacial score (nSPS) is 12.0. The summed E-state index contributed by atoms with van der Waals surface area (Å²) >= 11 is 12.1. The Morgan fingerprint density at radius 3 is 2.46 bits per heavy atom. The molecule has 2 N–H and O–H groups in total. The first-order chi connectivity index (χ1) is 19.8. The summed E-state index contributed by atoms with van der Waals surface area (Å²) in [5.74, 6) is 0.0160. The molecule has 4 aromatic carbocycles. The number of hydrogen-bond acceptors (Lipinski definition) is 5. The van der Waals surface area contributed by atoms with E-state index in [1.165, 1.54) is 18.3 Å². The molecule has 0 aliphatic carbocycles. The number of hydrogen-bond donors (Lipinski definition) is 2. The van der Waals surface area contributed by atoms with Gasteiger partial charge in [0.25, 0.3) is 11.8 Å². The fourth-order valence-electron chi connectivity index (χ4n) is 4.23. The molecule has 0 saturated carbocycles. The maximum Gasteiger partial charge on any atom is 0.262 e. The molecule has 0 radical (unpaired) electrons. The average molecular weight is 593 g/mol. The lowest BCUT2D eigenvalue weighted by Gasteiger charge is -2.20. The van der Waals surface area contributed by atoms with E-state index in [-0.39, 0.29) is 16.5 Å². The Labute approximate surface area is 249 Å². The van der Waals surface area contributed by atoms with Crippen LogP contribution in [0.15, 0.2) is 84.0 Å². The number of fused-ring (bicyclic) bond motifs is 1. The Kier molecular flexibility index (Phi) is 10.2. The van der Waals surface area contributed by atoms with Gasteiger partial charge in [0.1, 0.15) is 12.6 Å². The Morgan fingerprint density at radius 2 is 1.71 bits per heavy atom. The van der Waals surface area contributed by atoms with Crippen LogP contribution in [0.3, 0.4) is 0 Å². The molecule has 9 heteroatoms. The molecule has 4 aromatic rings. The minimum absolute atomic E-state index is 0.200. The second-order valence-corrected chi connectivity index (χ2v) is 10.5.